The van der Waals surface area contributed by atoms with E-state index >= 15 is 0 Å². The summed E-state index contributed by atoms with van der Waals surface area (Å²) in [7, 11) is 0. The first-order valence-electron chi connectivity index (χ1n) is 7.05. The summed E-state index contributed by atoms with van der Waals surface area (Å²) in [4.78, 5) is 12.1. The Morgan fingerprint density at radius 3 is 2.55 bits per heavy atom. The average molecular weight is 305 g/mol. The maximum absolute atomic E-state index is 13.5. The van der Waals surface area contributed by atoms with Crippen molar-refractivity contribution in [1.29, 1.82) is 0 Å². The normalized spacial score (nSPS) is 13.7. The standard InChI is InChI=1S/C17H20FNO3/c1-10-5-6-13(8-15(10)18)16(20)19-9-17(4,21)14-7-11(2)22-12(14)3/h5-8,21H,9H2,1-4H3,(H,19,20). The number of furan rings is 1. The van der Waals surface area contributed by atoms with Crippen LogP contribution in [0.25, 0.3) is 0 Å². The van der Waals surface area contributed by atoms with E-state index in [1.807, 2.05) is 0 Å². The zero-order valence-corrected chi connectivity index (χ0v) is 13.2. The summed E-state index contributed by atoms with van der Waals surface area (Å²) < 4.78 is 18.9. The van der Waals surface area contributed by atoms with Crippen molar-refractivity contribution >= 4 is 5.91 Å². The molecular formula is C17H20FNO3. The molecule has 1 atom stereocenters. The number of benzene rings is 1. The fourth-order valence-electron chi connectivity index (χ4n) is 2.35. The first kappa shape index (κ1) is 16.2. The number of aryl methyl sites for hydroxylation is 3. The summed E-state index contributed by atoms with van der Waals surface area (Å²) in [6.45, 7) is 6.78. The van der Waals surface area contributed by atoms with E-state index in [-0.39, 0.29) is 12.1 Å². The lowest BCUT2D eigenvalue weighted by atomic mass is 9.96. The van der Waals surface area contributed by atoms with E-state index in [1.54, 1.807) is 45.9 Å². The first-order chi connectivity index (χ1) is 10.2. The van der Waals surface area contributed by atoms with Crippen LogP contribution in [0.4, 0.5) is 4.39 Å². The molecule has 4 nitrogen and oxygen atoms in total. The molecule has 1 amide bonds. The summed E-state index contributed by atoms with van der Waals surface area (Å²) in [5.41, 5.74) is 0.0632. The molecule has 0 spiro atoms. The van der Waals surface area contributed by atoms with E-state index in [0.29, 0.717) is 22.6 Å². The molecule has 0 bridgehead atoms. The number of amides is 1. The van der Waals surface area contributed by atoms with E-state index < -0.39 is 17.3 Å². The van der Waals surface area contributed by atoms with Gasteiger partial charge in [0.25, 0.3) is 5.91 Å². The fourth-order valence-corrected chi connectivity index (χ4v) is 2.35. The molecule has 1 aromatic heterocycles. The van der Waals surface area contributed by atoms with Crippen LogP contribution in [0.3, 0.4) is 0 Å². The lowest BCUT2D eigenvalue weighted by molar-refractivity contribution is 0.0514. The van der Waals surface area contributed by atoms with Gasteiger partial charge in [0.15, 0.2) is 0 Å². The lowest BCUT2D eigenvalue weighted by Gasteiger charge is -2.23. The molecular weight excluding hydrogens is 285 g/mol. The van der Waals surface area contributed by atoms with Crippen molar-refractivity contribution in [2.24, 2.45) is 0 Å². The number of hydrogen-bond donors (Lipinski definition) is 2. The van der Waals surface area contributed by atoms with Crippen LogP contribution in [-0.2, 0) is 5.60 Å². The summed E-state index contributed by atoms with van der Waals surface area (Å²) in [6, 6.07) is 6.03. The van der Waals surface area contributed by atoms with Gasteiger partial charge in [-0.25, -0.2) is 4.39 Å². The van der Waals surface area contributed by atoms with Crippen molar-refractivity contribution in [3.63, 3.8) is 0 Å². The SMILES string of the molecule is Cc1cc(C(C)(O)CNC(=O)c2ccc(C)c(F)c2)c(C)o1. The van der Waals surface area contributed by atoms with E-state index in [9.17, 15) is 14.3 Å². The van der Waals surface area contributed by atoms with Crippen molar-refractivity contribution in [1.82, 2.24) is 5.32 Å². The van der Waals surface area contributed by atoms with Crippen LogP contribution in [0.15, 0.2) is 28.7 Å². The van der Waals surface area contributed by atoms with Gasteiger partial charge < -0.3 is 14.8 Å². The minimum absolute atomic E-state index is 0.00113. The smallest absolute Gasteiger partial charge is 0.251 e. The second-order valence-electron chi connectivity index (χ2n) is 5.75. The Morgan fingerprint density at radius 2 is 2.00 bits per heavy atom. The molecule has 0 aliphatic carbocycles. The van der Waals surface area contributed by atoms with Gasteiger partial charge in [-0.05, 0) is 51.5 Å². The number of nitrogens with one attached hydrogen (secondary N) is 1. The third-order valence-corrected chi connectivity index (χ3v) is 3.65. The Hall–Kier alpha value is -2.14. The van der Waals surface area contributed by atoms with Crippen LogP contribution in [-0.4, -0.2) is 17.6 Å². The molecule has 5 heteroatoms. The molecule has 2 aromatic rings. The third kappa shape index (κ3) is 3.36. The van der Waals surface area contributed by atoms with Crippen LogP contribution in [0.5, 0.6) is 0 Å². The highest BCUT2D eigenvalue weighted by Crippen LogP contribution is 2.26. The molecule has 1 aromatic carbocycles. The van der Waals surface area contributed by atoms with Crippen molar-refractivity contribution in [3.05, 3.63) is 58.3 Å². The zero-order valence-electron chi connectivity index (χ0n) is 13.2. The van der Waals surface area contributed by atoms with Gasteiger partial charge in [-0.3, -0.25) is 4.79 Å². The van der Waals surface area contributed by atoms with Crippen LogP contribution in [0, 0.1) is 26.6 Å². The number of aliphatic hydroxyl groups is 1. The number of rotatable bonds is 4. The average Bonchev–Trinajstić information content (AvgIpc) is 2.79. The topological polar surface area (TPSA) is 62.5 Å². The fraction of sp³-hybridized carbons (Fsp3) is 0.353. The summed E-state index contributed by atoms with van der Waals surface area (Å²) in [6.07, 6.45) is 0. The minimum atomic E-state index is -1.26. The quantitative estimate of drug-likeness (QED) is 0.913. The Labute approximate surface area is 129 Å². The predicted molar refractivity (Wildman–Crippen MR) is 81.2 cm³/mol. The molecule has 1 unspecified atom stereocenters. The third-order valence-electron chi connectivity index (χ3n) is 3.65. The van der Waals surface area contributed by atoms with Gasteiger partial charge in [0.2, 0.25) is 0 Å². The van der Waals surface area contributed by atoms with Gasteiger partial charge >= 0.3 is 0 Å². The molecule has 22 heavy (non-hydrogen) atoms. The maximum Gasteiger partial charge on any atom is 0.251 e. The number of halogens is 1. The molecule has 0 saturated heterocycles. The molecule has 2 rings (SSSR count). The maximum atomic E-state index is 13.5. The Balaban J connectivity index is 2.09. The molecule has 0 aliphatic rings. The van der Waals surface area contributed by atoms with Crippen molar-refractivity contribution < 1.29 is 18.7 Å². The molecule has 0 radical (unpaired) electrons. The Bertz CT molecular complexity index is 704. The number of carbonyl (C=O) groups is 1. The van der Waals surface area contributed by atoms with Gasteiger partial charge in [0, 0.05) is 11.1 Å². The van der Waals surface area contributed by atoms with E-state index in [4.69, 9.17) is 4.42 Å². The van der Waals surface area contributed by atoms with Gasteiger partial charge in [-0.2, -0.15) is 0 Å². The largest absolute Gasteiger partial charge is 0.466 e. The Morgan fingerprint density at radius 1 is 1.32 bits per heavy atom. The first-order valence-corrected chi connectivity index (χ1v) is 7.05. The van der Waals surface area contributed by atoms with Gasteiger partial charge in [0.1, 0.15) is 22.9 Å². The minimum Gasteiger partial charge on any atom is -0.466 e. The van der Waals surface area contributed by atoms with Gasteiger partial charge in [0.05, 0.1) is 6.54 Å². The molecule has 0 saturated carbocycles. The van der Waals surface area contributed by atoms with Crippen molar-refractivity contribution in [3.8, 4) is 0 Å². The number of carbonyl (C=O) groups excluding carboxylic acids is 1. The summed E-state index contributed by atoms with van der Waals surface area (Å²) >= 11 is 0. The summed E-state index contributed by atoms with van der Waals surface area (Å²) in [5, 5.41) is 13.1. The van der Waals surface area contributed by atoms with Crippen molar-refractivity contribution in [2.45, 2.75) is 33.3 Å². The van der Waals surface area contributed by atoms with Gasteiger partial charge in [-0.15, -0.1) is 0 Å². The molecule has 0 aliphatic heterocycles. The van der Waals surface area contributed by atoms with Gasteiger partial charge in [-0.1, -0.05) is 6.07 Å². The lowest BCUT2D eigenvalue weighted by Crippen LogP contribution is -2.38. The van der Waals surface area contributed by atoms with Crippen molar-refractivity contribution in [2.75, 3.05) is 6.54 Å². The van der Waals surface area contributed by atoms with E-state index in [1.165, 1.54) is 6.07 Å². The molecule has 0 fully saturated rings. The van der Waals surface area contributed by atoms with Crippen LogP contribution < -0.4 is 5.32 Å². The summed E-state index contributed by atoms with van der Waals surface area (Å²) in [5.74, 6) is 0.440. The predicted octanol–water partition coefficient (Wildman–Crippen LogP) is 2.98. The highest BCUT2D eigenvalue weighted by molar-refractivity contribution is 5.94. The van der Waals surface area contributed by atoms with E-state index in [0.717, 1.165) is 0 Å². The monoisotopic (exact) mass is 305 g/mol. The van der Waals surface area contributed by atoms with Crippen LogP contribution in [0.2, 0.25) is 0 Å². The highest BCUT2D eigenvalue weighted by atomic mass is 19.1. The second-order valence-corrected chi connectivity index (χ2v) is 5.75. The van der Waals surface area contributed by atoms with Crippen LogP contribution >= 0.6 is 0 Å². The van der Waals surface area contributed by atoms with Crippen LogP contribution in [0.1, 0.15) is 39.9 Å². The number of hydrogen-bond acceptors (Lipinski definition) is 3. The molecule has 118 valence electrons. The zero-order chi connectivity index (χ0) is 16.5. The second kappa shape index (κ2) is 5.93. The molecule has 2 N–H and O–H groups in total. The highest BCUT2D eigenvalue weighted by Gasteiger charge is 2.28. The Kier molecular flexibility index (Phi) is 4.37. The molecule has 1 heterocycles. The van der Waals surface area contributed by atoms with E-state index in [2.05, 4.69) is 5.32 Å².